The van der Waals surface area contributed by atoms with Crippen molar-refractivity contribution in [3.05, 3.63) is 12.2 Å². The minimum atomic E-state index is -3.05. The second-order valence-electron chi connectivity index (χ2n) is 4.00. The normalized spacial score (nSPS) is 11.4. The number of nitrogens with one attached hydrogen (secondary N) is 1. The lowest BCUT2D eigenvalue weighted by molar-refractivity contribution is -0.107. The fourth-order valence-electron chi connectivity index (χ4n) is 1.13. The van der Waals surface area contributed by atoms with E-state index in [0.29, 0.717) is 12.1 Å². The maximum absolute atomic E-state index is 11.2. The van der Waals surface area contributed by atoms with Gasteiger partial charge >= 0.3 is 0 Å². The van der Waals surface area contributed by atoms with Gasteiger partial charge in [-0.1, -0.05) is 31.2 Å². The van der Waals surface area contributed by atoms with Gasteiger partial charge in [-0.15, -0.1) is 0 Å². The van der Waals surface area contributed by atoms with Gasteiger partial charge in [-0.25, -0.2) is 13.1 Å². The van der Waals surface area contributed by atoms with Gasteiger partial charge in [0.05, 0.1) is 6.26 Å². The van der Waals surface area contributed by atoms with E-state index in [0.717, 1.165) is 37.7 Å². The topological polar surface area (TPSA) is 63.2 Å². The van der Waals surface area contributed by atoms with Crippen LogP contribution in [0, 0.1) is 0 Å². The molecule has 0 aliphatic carbocycles. The molecule has 0 radical (unpaired) electrons. The summed E-state index contributed by atoms with van der Waals surface area (Å²) in [6.07, 6.45) is 4.97. The highest BCUT2D eigenvalue weighted by Gasteiger charge is 2.02. The second-order valence-corrected chi connectivity index (χ2v) is 6.90. The lowest BCUT2D eigenvalue weighted by atomic mass is 10.2. The Hall–Kier alpha value is -0.330. The van der Waals surface area contributed by atoms with Crippen LogP contribution in [0.2, 0.25) is 0 Å². The van der Waals surface area contributed by atoms with Crippen LogP contribution in [0.4, 0.5) is 0 Å². The van der Waals surface area contributed by atoms with Gasteiger partial charge < -0.3 is 0 Å². The third-order valence-electron chi connectivity index (χ3n) is 2.02. The van der Waals surface area contributed by atoms with E-state index in [2.05, 4.69) is 11.3 Å². The van der Waals surface area contributed by atoms with Crippen molar-refractivity contribution in [1.29, 1.82) is 0 Å². The SMILES string of the molecule is C=C(C)C(=O)SCCCCCCNS(C)(=O)=O. The Morgan fingerprint density at radius 2 is 1.82 bits per heavy atom. The number of hydrogen-bond acceptors (Lipinski definition) is 4. The van der Waals surface area contributed by atoms with E-state index < -0.39 is 10.0 Å². The molecule has 0 aromatic carbocycles. The molecule has 4 nitrogen and oxygen atoms in total. The largest absolute Gasteiger partial charge is 0.282 e. The molecule has 1 N–H and O–H groups in total. The van der Waals surface area contributed by atoms with Gasteiger partial charge in [0.15, 0.2) is 0 Å². The maximum Gasteiger partial charge on any atom is 0.214 e. The first-order valence-corrected chi connectivity index (χ1v) is 8.48. The Morgan fingerprint density at radius 1 is 1.24 bits per heavy atom. The molecule has 0 spiro atoms. The van der Waals surface area contributed by atoms with E-state index >= 15 is 0 Å². The van der Waals surface area contributed by atoms with Crippen LogP contribution in [0.15, 0.2) is 12.2 Å². The predicted octanol–water partition coefficient (Wildman–Crippen LogP) is 1.93. The number of thioether (sulfide) groups is 1. The fourth-order valence-corrected chi connectivity index (χ4v) is 2.42. The van der Waals surface area contributed by atoms with Crippen molar-refractivity contribution in [1.82, 2.24) is 4.72 Å². The van der Waals surface area contributed by atoms with E-state index in [1.54, 1.807) is 6.92 Å². The molecular weight excluding hydrogens is 258 g/mol. The van der Waals surface area contributed by atoms with Crippen LogP contribution in [0.5, 0.6) is 0 Å². The second kappa shape index (κ2) is 8.72. The summed E-state index contributed by atoms with van der Waals surface area (Å²) in [6, 6.07) is 0. The Morgan fingerprint density at radius 3 is 2.35 bits per heavy atom. The molecule has 17 heavy (non-hydrogen) atoms. The van der Waals surface area contributed by atoms with Crippen molar-refractivity contribution in [2.45, 2.75) is 32.6 Å². The molecule has 0 amide bonds. The van der Waals surface area contributed by atoms with Crippen molar-refractivity contribution in [3.8, 4) is 0 Å². The standard InChI is InChI=1S/C11H21NO3S2/c1-10(2)11(13)16-9-7-5-4-6-8-12-17(3,14)15/h12H,1,4-9H2,2-3H3. The van der Waals surface area contributed by atoms with E-state index in [4.69, 9.17) is 0 Å². The van der Waals surface area contributed by atoms with Crippen molar-refractivity contribution in [2.75, 3.05) is 18.6 Å². The number of carbonyl (C=O) groups excluding carboxylic acids is 1. The molecule has 0 rings (SSSR count). The first kappa shape index (κ1) is 16.7. The predicted molar refractivity (Wildman–Crippen MR) is 73.6 cm³/mol. The average molecular weight is 279 g/mol. The summed E-state index contributed by atoms with van der Waals surface area (Å²) in [5.41, 5.74) is 0.590. The molecule has 6 heteroatoms. The molecule has 0 aromatic heterocycles. The molecule has 0 saturated carbocycles. The molecule has 0 heterocycles. The first-order valence-electron chi connectivity index (χ1n) is 5.60. The number of sulfonamides is 1. The van der Waals surface area contributed by atoms with Crippen LogP contribution in [0.1, 0.15) is 32.6 Å². The van der Waals surface area contributed by atoms with Gasteiger partial charge in [0.25, 0.3) is 0 Å². The minimum absolute atomic E-state index is 0.0590. The molecule has 0 unspecified atom stereocenters. The fraction of sp³-hybridized carbons (Fsp3) is 0.727. The summed E-state index contributed by atoms with van der Waals surface area (Å²) in [5, 5.41) is 0.0590. The van der Waals surface area contributed by atoms with E-state index in [9.17, 15) is 13.2 Å². The Bertz CT molecular complexity index is 350. The monoisotopic (exact) mass is 279 g/mol. The first-order chi connectivity index (χ1) is 7.83. The van der Waals surface area contributed by atoms with Crippen LogP contribution in [-0.2, 0) is 14.8 Å². The summed E-state index contributed by atoms with van der Waals surface area (Å²) < 4.78 is 23.9. The van der Waals surface area contributed by atoms with Gasteiger partial charge in [0.1, 0.15) is 0 Å². The number of hydrogen-bond donors (Lipinski definition) is 1. The van der Waals surface area contributed by atoms with E-state index in [1.165, 1.54) is 11.8 Å². The van der Waals surface area contributed by atoms with Crippen molar-refractivity contribution >= 4 is 26.9 Å². The van der Waals surface area contributed by atoms with Crippen LogP contribution in [0.3, 0.4) is 0 Å². The van der Waals surface area contributed by atoms with Crippen molar-refractivity contribution < 1.29 is 13.2 Å². The summed E-state index contributed by atoms with van der Waals surface area (Å²) >= 11 is 1.30. The van der Waals surface area contributed by atoms with Gasteiger partial charge in [0.2, 0.25) is 15.1 Å². The number of rotatable bonds is 9. The van der Waals surface area contributed by atoms with Crippen LogP contribution < -0.4 is 4.72 Å². The maximum atomic E-state index is 11.2. The van der Waals surface area contributed by atoms with Gasteiger partial charge in [-0.2, -0.15) is 0 Å². The molecule has 0 aliphatic rings. The number of carbonyl (C=O) groups is 1. The Balaban J connectivity index is 3.31. The zero-order valence-electron chi connectivity index (χ0n) is 10.5. The van der Waals surface area contributed by atoms with Gasteiger partial charge in [0, 0.05) is 12.3 Å². The minimum Gasteiger partial charge on any atom is -0.282 e. The number of unbranched alkanes of at least 4 members (excludes halogenated alkanes) is 3. The van der Waals surface area contributed by atoms with Crippen molar-refractivity contribution in [3.63, 3.8) is 0 Å². The smallest absolute Gasteiger partial charge is 0.214 e. The Labute approximate surface area is 108 Å². The zero-order valence-corrected chi connectivity index (χ0v) is 12.1. The van der Waals surface area contributed by atoms with Crippen LogP contribution >= 0.6 is 11.8 Å². The third-order valence-corrected chi connectivity index (χ3v) is 3.85. The van der Waals surface area contributed by atoms with Gasteiger partial charge in [-0.05, 0) is 25.3 Å². The van der Waals surface area contributed by atoms with E-state index in [-0.39, 0.29) is 5.12 Å². The lowest BCUT2D eigenvalue weighted by Crippen LogP contribution is -2.22. The zero-order chi connectivity index (χ0) is 13.3. The lowest BCUT2D eigenvalue weighted by Gasteiger charge is -2.02. The molecule has 0 saturated heterocycles. The molecule has 0 fully saturated rings. The summed E-state index contributed by atoms with van der Waals surface area (Å²) in [5.74, 6) is 0.811. The molecule has 0 atom stereocenters. The average Bonchev–Trinajstić information content (AvgIpc) is 2.19. The van der Waals surface area contributed by atoms with Gasteiger partial charge in [-0.3, -0.25) is 4.79 Å². The van der Waals surface area contributed by atoms with Crippen LogP contribution in [0.25, 0.3) is 0 Å². The molecular formula is C11H21NO3S2. The molecule has 0 aliphatic heterocycles. The Kier molecular flexibility index (Phi) is 8.55. The highest BCUT2D eigenvalue weighted by Crippen LogP contribution is 2.12. The summed E-state index contributed by atoms with van der Waals surface area (Å²) in [4.78, 5) is 11.2. The summed E-state index contributed by atoms with van der Waals surface area (Å²) in [6.45, 7) is 5.79. The third kappa shape index (κ3) is 11.9. The highest BCUT2D eigenvalue weighted by molar-refractivity contribution is 8.14. The molecule has 0 aromatic rings. The van der Waals surface area contributed by atoms with Crippen molar-refractivity contribution in [2.24, 2.45) is 0 Å². The van der Waals surface area contributed by atoms with Crippen LogP contribution in [-0.4, -0.2) is 32.1 Å². The highest BCUT2D eigenvalue weighted by atomic mass is 32.2. The van der Waals surface area contributed by atoms with E-state index in [1.807, 2.05) is 0 Å². The summed E-state index contributed by atoms with van der Waals surface area (Å²) in [7, 11) is -3.05. The molecule has 100 valence electrons. The molecule has 0 bridgehead atoms. The quantitative estimate of drug-likeness (QED) is 0.517.